The maximum atomic E-state index is 13.0. The van der Waals surface area contributed by atoms with Crippen LogP contribution in [0.25, 0.3) is 10.3 Å². The molecule has 0 radical (unpaired) electrons. The summed E-state index contributed by atoms with van der Waals surface area (Å²) in [6, 6.07) is 9.58. The molecule has 0 aliphatic carbocycles. The van der Waals surface area contributed by atoms with Crippen LogP contribution in [0, 0.1) is 0 Å². The summed E-state index contributed by atoms with van der Waals surface area (Å²) >= 11 is 1.38. The SMILES string of the molecule is Cn1c(N2CCOCC2)nc2sc(N3CCCC3C(=O)NCc3ccccc3)nc2c1=O. The van der Waals surface area contributed by atoms with Crippen LogP contribution >= 0.6 is 11.3 Å². The predicted molar refractivity (Wildman–Crippen MR) is 124 cm³/mol. The van der Waals surface area contributed by atoms with Crippen molar-refractivity contribution in [2.75, 3.05) is 42.6 Å². The topological polar surface area (TPSA) is 92.6 Å². The van der Waals surface area contributed by atoms with Crippen molar-refractivity contribution in [2.24, 2.45) is 7.05 Å². The fourth-order valence-corrected chi connectivity index (χ4v) is 5.27. The minimum atomic E-state index is -0.290. The van der Waals surface area contributed by atoms with Gasteiger partial charge in [-0.15, -0.1) is 0 Å². The van der Waals surface area contributed by atoms with Gasteiger partial charge in [0.05, 0.1) is 13.2 Å². The van der Waals surface area contributed by atoms with E-state index in [1.807, 2.05) is 35.2 Å². The first-order chi connectivity index (χ1) is 15.6. The number of nitrogens with one attached hydrogen (secondary N) is 1. The molecule has 1 amide bonds. The van der Waals surface area contributed by atoms with E-state index in [9.17, 15) is 9.59 Å². The lowest BCUT2D eigenvalue weighted by Crippen LogP contribution is -2.43. The first-order valence-electron chi connectivity index (χ1n) is 10.9. The maximum absolute atomic E-state index is 13.0. The zero-order valence-electron chi connectivity index (χ0n) is 18.0. The van der Waals surface area contributed by atoms with Crippen molar-refractivity contribution in [3.63, 3.8) is 0 Å². The molecular formula is C22H26N6O3S. The van der Waals surface area contributed by atoms with Crippen LogP contribution in [-0.2, 0) is 23.1 Å². The molecule has 0 saturated carbocycles. The Labute approximate surface area is 189 Å². The summed E-state index contributed by atoms with van der Waals surface area (Å²) in [6.45, 7) is 3.88. The number of hydrogen-bond donors (Lipinski definition) is 1. The second-order valence-electron chi connectivity index (χ2n) is 8.08. The van der Waals surface area contributed by atoms with Crippen LogP contribution in [0.2, 0.25) is 0 Å². The number of benzene rings is 1. The number of carbonyl (C=O) groups is 1. The molecule has 32 heavy (non-hydrogen) atoms. The first-order valence-corrected chi connectivity index (χ1v) is 11.7. The second-order valence-corrected chi connectivity index (χ2v) is 9.04. The number of rotatable bonds is 5. The van der Waals surface area contributed by atoms with Crippen LogP contribution in [0.4, 0.5) is 11.1 Å². The van der Waals surface area contributed by atoms with Crippen molar-refractivity contribution in [1.82, 2.24) is 19.9 Å². The highest BCUT2D eigenvalue weighted by atomic mass is 32.1. The summed E-state index contributed by atoms with van der Waals surface area (Å²) in [5, 5.41) is 3.72. The summed E-state index contributed by atoms with van der Waals surface area (Å²) < 4.78 is 6.98. The molecule has 3 aromatic rings. The van der Waals surface area contributed by atoms with Gasteiger partial charge in [-0.1, -0.05) is 41.7 Å². The van der Waals surface area contributed by atoms with E-state index in [-0.39, 0.29) is 17.5 Å². The van der Waals surface area contributed by atoms with E-state index in [0.29, 0.717) is 54.3 Å². The van der Waals surface area contributed by atoms with Gasteiger partial charge in [0, 0.05) is 33.2 Å². The van der Waals surface area contributed by atoms with Gasteiger partial charge in [0.25, 0.3) is 5.56 Å². The molecule has 2 aliphatic heterocycles. The highest BCUT2D eigenvalue weighted by Gasteiger charge is 2.33. The molecule has 2 aromatic heterocycles. The number of aromatic nitrogens is 3. The van der Waals surface area contributed by atoms with Gasteiger partial charge in [0.1, 0.15) is 6.04 Å². The molecule has 4 heterocycles. The molecule has 1 aromatic carbocycles. The molecule has 2 aliphatic rings. The molecule has 9 nitrogen and oxygen atoms in total. The van der Waals surface area contributed by atoms with Crippen molar-refractivity contribution < 1.29 is 9.53 Å². The Hall–Kier alpha value is -2.98. The Kier molecular flexibility index (Phi) is 5.79. The van der Waals surface area contributed by atoms with E-state index >= 15 is 0 Å². The average molecular weight is 455 g/mol. The third-order valence-electron chi connectivity index (χ3n) is 6.01. The molecule has 10 heteroatoms. The molecule has 1 unspecified atom stereocenters. The number of ether oxygens (including phenoxy) is 1. The number of nitrogens with zero attached hydrogens (tertiary/aromatic N) is 5. The van der Waals surface area contributed by atoms with E-state index in [4.69, 9.17) is 9.72 Å². The Bertz CT molecular complexity index is 1170. The van der Waals surface area contributed by atoms with E-state index in [0.717, 1.165) is 24.9 Å². The predicted octanol–water partition coefficient (Wildman–Crippen LogP) is 1.51. The van der Waals surface area contributed by atoms with Crippen LogP contribution in [-0.4, -0.2) is 59.3 Å². The van der Waals surface area contributed by atoms with Crippen molar-refractivity contribution in [1.29, 1.82) is 0 Å². The number of anilines is 2. The van der Waals surface area contributed by atoms with Crippen molar-refractivity contribution in [2.45, 2.75) is 25.4 Å². The third kappa shape index (κ3) is 3.95. The van der Waals surface area contributed by atoms with Crippen LogP contribution in [0.1, 0.15) is 18.4 Å². The molecule has 5 rings (SSSR count). The summed E-state index contributed by atoms with van der Waals surface area (Å²) in [7, 11) is 1.73. The molecule has 2 saturated heterocycles. The zero-order chi connectivity index (χ0) is 22.1. The van der Waals surface area contributed by atoms with Gasteiger partial charge in [-0.25, -0.2) is 9.97 Å². The van der Waals surface area contributed by atoms with Gasteiger partial charge in [0.15, 0.2) is 15.5 Å². The lowest BCUT2D eigenvalue weighted by Gasteiger charge is -2.28. The minimum absolute atomic E-state index is 0.0134. The largest absolute Gasteiger partial charge is 0.378 e. The molecule has 2 fully saturated rings. The third-order valence-corrected chi connectivity index (χ3v) is 7.00. The summed E-state index contributed by atoms with van der Waals surface area (Å²) in [5.74, 6) is 0.625. The molecule has 0 spiro atoms. The van der Waals surface area contributed by atoms with Gasteiger partial charge in [-0.3, -0.25) is 14.2 Å². The standard InChI is InChI=1S/C22H26N6O3S/c1-26-20(30)17-19(25-21(26)27-10-12-31-13-11-27)32-22(24-17)28-9-5-8-16(28)18(29)23-14-15-6-3-2-4-7-15/h2-4,6-7,16H,5,8-14H2,1H3,(H,23,29). The average Bonchev–Trinajstić information content (AvgIpc) is 3.48. The Morgan fingerprint density at radius 2 is 1.97 bits per heavy atom. The summed E-state index contributed by atoms with van der Waals surface area (Å²) in [6.07, 6.45) is 1.67. The number of thiazole rings is 1. The van der Waals surface area contributed by atoms with Gasteiger partial charge < -0.3 is 19.9 Å². The Balaban J connectivity index is 1.39. The van der Waals surface area contributed by atoms with Gasteiger partial charge in [0.2, 0.25) is 11.9 Å². The van der Waals surface area contributed by atoms with Gasteiger partial charge in [-0.05, 0) is 18.4 Å². The molecule has 0 bridgehead atoms. The molecule has 1 N–H and O–H groups in total. The number of carbonyl (C=O) groups excluding carboxylic acids is 1. The van der Waals surface area contributed by atoms with Crippen LogP contribution in [0.5, 0.6) is 0 Å². The second kappa shape index (κ2) is 8.87. The number of morpholine rings is 1. The normalized spacial score (nSPS) is 19.0. The number of hydrogen-bond acceptors (Lipinski definition) is 8. The summed E-state index contributed by atoms with van der Waals surface area (Å²) in [5.41, 5.74) is 1.26. The summed E-state index contributed by atoms with van der Waals surface area (Å²) in [4.78, 5) is 40.0. The van der Waals surface area contributed by atoms with E-state index in [1.54, 1.807) is 11.6 Å². The Morgan fingerprint density at radius 1 is 1.19 bits per heavy atom. The maximum Gasteiger partial charge on any atom is 0.282 e. The fraction of sp³-hybridized carbons (Fsp3) is 0.455. The minimum Gasteiger partial charge on any atom is -0.378 e. The first kappa shape index (κ1) is 20.9. The van der Waals surface area contributed by atoms with Gasteiger partial charge in [-0.2, -0.15) is 0 Å². The van der Waals surface area contributed by atoms with Crippen molar-refractivity contribution >= 4 is 38.7 Å². The van der Waals surface area contributed by atoms with Crippen LogP contribution in [0.3, 0.4) is 0 Å². The van der Waals surface area contributed by atoms with Crippen LogP contribution < -0.4 is 20.7 Å². The molecular weight excluding hydrogens is 428 g/mol. The lowest BCUT2D eigenvalue weighted by molar-refractivity contribution is -0.122. The monoisotopic (exact) mass is 454 g/mol. The molecule has 168 valence electrons. The van der Waals surface area contributed by atoms with Gasteiger partial charge >= 0.3 is 0 Å². The lowest BCUT2D eigenvalue weighted by atomic mass is 10.2. The Morgan fingerprint density at radius 3 is 2.75 bits per heavy atom. The highest BCUT2D eigenvalue weighted by Crippen LogP contribution is 2.32. The van der Waals surface area contributed by atoms with Crippen molar-refractivity contribution in [3.05, 3.63) is 46.2 Å². The van der Waals surface area contributed by atoms with E-state index in [1.165, 1.54) is 11.3 Å². The zero-order valence-corrected chi connectivity index (χ0v) is 18.8. The molecule has 1 atom stereocenters. The quantitative estimate of drug-likeness (QED) is 0.625. The van der Waals surface area contributed by atoms with Crippen LogP contribution in [0.15, 0.2) is 35.1 Å². The van der Waals surface area contributed by atoms with E-state index < -0.39 is 0 Å². The number of amides is 1. The highest BCUT2D eigenvalue weighted by molar-refractivity contribution is 7.21. The number of fused-ring (bicyclic) bond motifs is 1. The van der Waals surface area contributed by atoms with E-state index in [2.05, 4.69) is 15.2 Å². The van der Waals surface area contributed by atoms with Crippen molar-refractivity contribution in [3.8, 4) is 0 Å². The smallest absolute Gasteiger partial charge is 0.282 e. The fourth-order valence-electron chi connectivity index (χ4n) is 4.27.